The van der Waals surface area contributed by atoms with E-state index in [0.717, 1.165) is 4.90 Å². The molecule has 0 aliphatic carbocycles. The molecule has 190 valence electrons. The molecule has 3 aromatic carbocycles. The number of methoxy groups -OCH3 is 2. The Morgan fingerprint density at radius 3 is 2.11 bits per heavy atom. The first-order valence-corrected chi connectivity index (χ1v) is 12.4. The van der Waals surface area contributed by atoms with E-state index in [1.54, 1.807) is 101 Å². The summed E-state index contributed by atoms with van der Waals surface area (Å²) in [6, 6.07) is 20.8. The molecule has 0 atom stereocenters. The van der Waals surface area contributed by atoms with Gasteiger partial charge in [0.25, 0.3) is 17.7 Å². The van der Waals surface area contributed by atoms with Gasteiger partial charge in [0.2, 0.25) is 0 Å². The van der Waals surface area contributed by atoms with Crippen LogP contribution in [-0.4, -0.2) is 42.9 Å². The molecule has 0 unspecified atom stereocenters. The largest absolute Gasteiger partial charge is 0.497 e. The van der Waals surface area contributed by atoms with Gasteiger partial charge in [0.05, 0.1) is 14.2 Å². The summed E-state index contributed by atoms with van der Waals surface area (Å²) in [5.74, 6) is 0.289. The predicted molar refractivity (Wildman–Crippen MR) is 144 cm³/mol. The molecular weight excluding hydrogens is 490 g/mol. The molecule has 0 fully saturated rings. The number of anilines is 2. The van der Waals surface area contributed by atoms with Gasteiger partial charge < -0.3 is 20.1 Å². The van der Waals surface area contributed by atoms with Crippen molar-refractivity contribution in [3.63, 3.8) is 0 Å². The summed E-state index contributed by atoms with van der Waals surface area (Å²) in [6.45, 7) is 3.60. The second-order valence-corrected chi connectivity index (χ2v) is 9.53. The van der Waals surface area contributed by atoms with E-state index in [1.807, 2.05) is 0 Å². The van der Waals surface area contributed by atoms with E-state index in [0.29, 0.717) is 33.3 Å². The van der Waals surface area contributed by atoms with Crippen molar-refractivity contribution in [2.24, 2.45) is 0 Å². The minimum Gasteiger partial charge on any atom is -0.497 e. The van der Waals surface area contributed by atoms with Gasteiger partial charge in [-0.1, -0.05) is 17.8 Å². The average molecular weight is 518 g/mol. The molecule has 0 saturated carbocycles. The van der Waals surface area contributed by atoms with Gasteiger partial charge in [-0.25, -0.2) is 0 Å². The first-order chi connectivity index (χ1) is 17.8. The number of rotatable bonds is 9. The lowest BCUT2D eigenvalue weighted by Crippen LogP contribution is -2.38. The number of nitrogens with one attached hydrogen (secondary N) is 2. The van der Waals surface area contributed by atoms with Crippen LogP contribution in [-0.2, 0) is 9.59 Å². The summed E-state index contributed by atoms with van der Waals surface area (Å²) in [7, 11) is 3.12. The third-order valence-corrected chi connectivity index (χ3v) is 6.70. The monoisotopic (exact) mass is 517 g/mol. The maximum atomic E-state index is 13.2. The molecular formula is C28H27N3O5S. The van der Waals surface area contributed by atoms with Gasteiger partial charge in [-0.2, -0.15) is 0 Å². The topological polar surface area (TPSA) is 97.0 Å². The fraction of sp³-hybridized carbons (Fsp3) is 0.179. The first-order valence-electron chi connectivity index (χ1n) is 11.6. The fourth-order valence-corrected chi connectivity index (χ4v) is 4.64. The van der Waals surface area contributed by atoms with Crippen LogP contribution in [0.2, 0.25) is 0 Å². The van der Waals surface area contributed by atoms with Crippen molar-refractivity contribution in [3.8, 4) is 11.5 Å². The normalized spacial score (nSPS) is 13.3. The zero-order valence-electron chi connectivity index (χ0n) is 20.9. The van der Waals surface area contributed by atoms with Gasteiger partial charge in [0.15, 0.2) is 0 Å². The van der Waals surface area contributed by atoms with Gasteiger partial charge >= 0.3 is 0 Å². The van der Waals surface area contributed by atoms with Crippen molar-refractivity contribution in [1.29, 1.82) is 0 Å². The van der Waals surface area contributed by atoms with Crippen molar-refractivity contribution in [1.82, 2.24) is 4.90 Å². The van der Waals surface area contributed by atoms with Gasteiger partial charge in [-0.05, 0) is 80.6 Å². The van der Waals surface area contributed by atoms with Crippen molar-refractivity contribution < 1.29 is 23.9 Å². The highest BCUT2D eigenvalue weighted by molar-refractivity contribution is 8.04. The third kappa shape index (κ3) is 5.78. The molecule has 1 aliphatic rings. The molecule has 0 saturated heterocycles. The summed E-state index contributed by atoms with van der Waals surface area (Å²) in [6.07, 6.45) is 0. The fourth-order valence-electron chi connectivity index (χ4n) is 3.71. The number of hydrogen-bond donors (Lipinski definition) is 2. The number of carbonyl (C=O) groups is 3. The van der Waals surface area contributed by atoms with Gasteiger partial charge in [-0.3, -0.25) is 19.3 Å². The molecule has 3 amide bonds. The quantitative estimate of drug-likeness (QED) is 0.379. The molecule has 0 spiro atoms. The summed E-state index contributed by atoms with van der Waals surface area (Å²) in [4.78, 5) is 41.2. The molecule has 1 heterocycles. The first kappa shape index (κ1) is 25.8. The van der Waals surface area contributed by atoms with Crippen molar-refractivity contribution in [2.75, 3.05) is 24.9 Å². The molecule has 8 nitrogen and oxygen atoms in total. The van der Waals surface area contributed by atoms with E-state index >= 15 is 0 Å². The number of nitrogens with zero attached hydrogens (tertiary/aromatic N) is 1. The molecule has 3 aromatic rings. The number of thioether (sulfide) groups is 1. The summed E-state index contributed by atoms with van der Waals surface area (Å²) >= 11 is 1.20. The summed E-state index contributed by atoms with van der Waals surface area (Å²) in [5, 5.41) is 5.97. The van der Waals surface area contributed by atoms with Gasteiger partial charge in [0, 0.05) is 27.9 Å². The van der Waals surface area contributed by atoms with Gasteiger partial charge in [-0.15, -0.1) is 0 Å². The number of hydrogen-bond acceptors (Lipinski definition) is 7. The molecule has 0 radical (unpaired) electrons. The van der Waals surface area contributed by atoms with Crippen LogP contribution in [0.5, 0.6) is 11.5 Å². The number of amides is 3. The zero-order valence-corrected chi connectivity index (χ0v) is 21.7. The van der Waals surface area contributed by atoms with E-state index in [2.05, 4.69) is 10.6 Å². The highest BCUT2D eigenvalue weighted by Gasteiger charge is 2.40. The maximum absolute atomic E-state index is 13.2. The molecule has 2 N–H and O–H groups in total. The summed E-state index contributed by atoms with van der Waals surface area (Å²) in [5.41, 5.74) is 1.96. The SMILES string of the molecule is COc1ccc(NC2=C(Sc3ccc(NC(=O)c4cccc(OC)c4)cc3)C(=O)N(C(C)C)C2=O)cc1. The van der Waals surface area contributed by atoms with Gasteiger partial charge in [0.1, 0.15) is 22.1 Å². The second kappa shape index (κ2) is 11.2. The smallest absolute Gasteiger partial charge is 0.278 e. The maximum Gasteiger partial charge on any atom is 0.278 e. The van der Waals surface area contributed by atoms with Crippen LogP contribution < -0.4 is 20.1 Å². The highest BCUT2D eigenvalue weighted by atomic mass is 32.2. The van der Waals surface area contributed by atoms with E-state index in [-0.39, 0.29) is 29.5 Å². The second-order valence-electron chi connectivity index (χ2n) is 8.44. The van der Waals surface area contributed by atoms with Crippen LogP contribution in [0.15, 0.2) is 88.3 Å². The summed E-state index contributed by atoms with van der Waals surface area (Å²) < 4.78 is 10.4. The minimum absolute atomic E-state index is 0.226. The van der Waals surface area contributed by atoms with Crippen molar-refractivity contribution >= 4 is 40.9 Å². The Bertz CT molecular complexity index is 1350. The van der Waals surface area contributed by atoms with Crippen LogP contribution in [0.1, 0.15) is 24.2 Å². The van der Waals surface area contributed by atoms with Crippen molar-refractivity contribution in [3.05, 3.63) is 89.0 Å². The molecule has 4 rings (SSSR count). The van der Waals surface area contributed by atoms with E-state index < -0.39 is 0 Å². The Kier molecular flexibility index (Phi) is 7.83. The van der Waals surface area contributed by atoms with Crippen LogP contribution in [0.4, 0.5) is 11.4 Å². The molecule has 1 aliphatic heterocycles. The van der Waals surface area contributed by atoms with Crippen LogP contribution >= 0.6 is 11.8 Å². The Hall–Kier alpha value is -4.24. The predicted octanol–water partition coefficient (Wildman–Crippen LogP) is 5.15. The van der Waals surface area contributed by atoms with Crippen LogP contribution in [0.3, 0.4) is 0 Å². The standard InChI is InChI=1S/C28H27N3O5S/c1-17(2)31-27(33)24(29-19-8-12-21(35-3)13-9-19)25(28(31)34)37-23-14-10-20(11-15-23)30-26(32)18-6-5-7-22(16-18)36-4/h5-17,29H,1-4H3,(H,30,32). The van der Waals surface area contributed by atoms with Crippen LogP contribution in [0.25, 0.3) is 0 Å². The number of imide groups is 1. The zero-order chi connectivity index (χ0) is 26.5. The molecule has 0 aromatic heterocycles. The number of ether oxygens (including phenoxy) is 2. The molecule has 9 heteroatoms. The Morgan fingerprint density at radius 2 is 1.49 bits per heavy atom. The third-order valence-electron chi connectivity index (χ3n) is 5.61. The Labute approximate surface area is 219 Å². The Morgan fingerprint density at radius 1 is 0.838 bits per heavy atom. The number of carbonyl (C=O) groups excluding carboxylic acids is 3. The molecule has 0 bridgehead atoms. The highest BCUT2D eigenvalue weighted by Crippen LogP contribution is 2.37. The lowest BCUT2D eigenvalue weighted by molar-refractivity contribution is -0.139. The molecule has 37 heavy (non-hydrogen) atoms. The average Bonchev–Trinajstić information content (AvgIpc) is 3.14. The number of benzene rings is 3. The van der Waals surface area contributed by atoms with E-state index in [9.17, 15) is 14.4 Å². The van der Waals surface area contributed by atoms with E-state index in [1.165, 1.54) is 16.7 Å². The lowest BCUT2D eigenvalue weighted by Gasteiger charge is -2.19. The lowest BCUT2D eigenvalue weighted by atomic mass is 10.2. The van der Waals surface area contributed by atoms with Crippen LogP contribution in [0, 0.1) is 0 Å². The van der Waals surface area contributed by atoms with Crippen molar-refractivity contribution in [2.45, 2.75) is 24.8 Å². The van der Waals surface area contributed by atoms with E-state index in [4.69, 9.17) is 9.47 Å². The Balaban J connectivity index is 1.54. The minimum atomic E-state index is -0.375.